The lowest BCUT2D eigenvalue weighted by Crippen LogP contribution is -2.45. The van der Waals surface area contributed by atoms with Gasteiger partial charge in [0.2, 0.25) is 0 Å². The Hall–Kier alpha value is -2.47. The minimum Gasteiger partial charge on any atom is -0.489 e. The maximum Gasteiger partial charge on any atom is 0.124 e. The Labute approximate surface area is 176 Å². The van der Waals surface area contributed by atoms with Crippen LogP contribution in [-0.2, 0) is 19.7 Å². The summed E-state index contributed by atoms with van der Waals surface area (Å²) >= 11 is 6.27. The zero-order valence-corrected chi connectivity index (χ0v) is 17.1. The first kappa shape index (κ1) is 19.8. The van der Waals surface area contributed by atoms with Crippen LogP contribution in [0.2, 0.25) is 5.02 Å². The molecular formula is C23H25ClN4O. The number of hydrogen-bond acceptors (Lipinski definition) is 5. The van der Waals surface area contributed by atoms with Crippen LogP contribution in [-0.4, -0.2) is 45.9 Å². The molecule has 0 atom stereocenters. The number of halogens is 1. The lowest BCUT2D eigenvalue weighted by Gasteiger charge is -2.34. The molecule has 0 bridgehead atoms. The molecule has 6 heteroatoms. The topological polar surface area (TPSA) is 41.5 Å². The van der Waals surface area contributed by atoms with Gasteiger partial charge in [-0.25, -0.2) is 0 Å². The molecule has 29 heavy (non-hydrogen) atoms. The van der Waals surface area contributed by atoms with Gasteiger partial charge in [0.25, 0.3) is 0 Å². The van der Waals surface area contributed by atoms with Gasteiger partial charge in [-0.15, -0.1) is 0 Å². The second kappa shape index (κ2) is 9.83. The van der Waals surface area contributed by atoms with Gasteiger partial charge in [0.05, 0.1) is 5.69 Å². The maximum absolute atomic E-state index is 6.27. The van der Waals surface area contributed by atoms with Crippen molar-refractivity contribution < 1.29 is 4.74 Å². The van der Waals surface area contributed by atoms with Crippen LogP contribution >= 0.6 is 11.6 Å². The number of benzene rings is 1. The average molecular weight is 409 g/mol. The fraction of sp³-hybridized carbons (Fsp3) is 0.304. The van der Waals surface area contributed by atoms with Crippen molar-refractivity contribution in [1.29, 1.82) is 0 Å². The molecule has 150 valence electrons. The van der Waals surface area contributed by atoms with Crippen molar-refractivity contribution in [3.05, 3.63) is 89.0 Å². The molecular weight excluding hydrogens is 384 g/mol. The fourth-order valence-electron chi connectivity index (χ4n) is 3.52. The lowest BCUT2D eigenvalue weighted by atomic mass is 10.1. The predicted molar refractivity (Wildman–Crippen MR) is 115 cm³/mol. The molecule has 2 aromatic heterocycles. The standard InChI is InChI=1S/C23H25ClN4O/c24-21-6-7-23(29-18-19-4-3-8-25-15-19)20(14-21)16-27-10-12-28(13-11-27)17-22-5-1-2-9-26-22/h1-9,14-15H,10-13,16-18H2. The molecule has 1 fully saturated rings. The van der Waals surface area contributed by atoms with Crippen molar-refractivity contribution in [2.75, 3.05) is 26.2 Å². The van der Waals surface area contributed by atoms with Gasteiger partial charge in [0.1, 0.15) is 12.4 Å². The molecule has 0 saturated carbocycles. The van der Waals surface area contributed by atoms with E-state index in [0.717, 1.165) is 66.9 Å². The molecule has 1 aromatic carbocycles. The summed E-state index contributed by atoms with van der Waals surface area (Å²) in [7, 11) is 0. The number of ether oxygens (including phenoxy) is 1. The summed E-state index contributed by atoms with van der Waals surface area (Å²) < 4.78 is 6.08. The van der Waals surface area contributed by atoms with E-state index in [-0.39, 0.29) is 0 Å². The summed E-state index contributed by atoms with van der Waals surface area (Å²) in [6.07, 6.45) is 5.46. The molecule has 1 aliphatic heterocycles. The second-order valence-corrected chi connectivity index (χ2v) is 7.71. The van der Waals surface area contributed by atoms with Gasteiger partial charge < -0.3 is 4.74 Å². The predicted octanol–water partition coefficient (Wildman–Crippen LogP) is 4.03. The van der Waals surface area contributed by atoms with Crippen LogP contribution in [0, 0.1) is 0 Å². The minimum absolute atomic E-state index is 0.500. The number of pyridine rings is 2. The van der Waals surface area contributed by atoms with E-state index in [0.29, 0.717) is 6.61 Å². The maximum atomic E-state index is 6.27. The van der Waals surface area contributed by atoms with E-state index in [1.807, 2.05) is 54.9 Å². The van der Waals surface area contributed by atoms with Gasteiger partial charge >= 0.3 is 0 Å². The Morgan fingerprint density at radius 1 is 0.897 bits per heavy atom. The highest BCUT2D eigenvalue weighted by atomic mass is 35.5. The average Bonchev–Trinajstić information content (AvgIpc) is 2.76. The number of rotatable bonds is 7. The number of nitrogens with zero attached hydrogens (tertiary/aromatic N) is 4. The van der Waals surface area contributed by atoms with Crippen LogP contribution in [0.3, 0.4) is 0 Å². The molecule has 0 amide bonds. The van der Waals surface area contributed by atoms with E-state index >= 15 is 0 Å². The Kier molecular flexibility index (Phi) is 6.72. The highest BCUT2D eigenvalue weighted by Crippen LogP contribution is 2.26. The fourth-order valence-corrected chi connectivity index (χ4v) is 3.72. The molecule has 1 saturated heterocycles. The molecule has 5 nitrogen and oxygen atoms in total. The molecule has 3 heterocycles. The van der Waals surface area contributed by atoms with Gasteiger partial charge in [0, 0.05) is 74.0 Å². The Balaban J connectivity index is 1.34. The molecule has 0 aliphatic carbocycles. The van der Waals surface area contributed by atoms with Crippen LogP contribution in [0.5, 0.6) is 5.75 Å². The molecule has 0 N–H and O–H groups in total. The molecule has 0 spiro atoms. The van der Waals surface area contributed by atoms with Crippen molar-refractivity contribution in [2.45, 2.75) is 19.7 Å². The summed E-state index contributed by atoms with van der Waals surface area (Å²) in [5.41, 5.74) is 3.30. The Bertz CT molecular complexity index is 899. The highest BCUT2D eigenvalue weighted by Gasteiger charge is 2.19. The Morgan fingerprint density at radius 2 is 1.72 bits per heavy atom. The third-order valence-corrected chi connectivity index (χ3v) is 5.35. The summed E-state index contributed by atoms with van der Waals surface area (Å²) in [4.78, 5) is 13.5. The van der Waals surface area contributed by atoms with Crippen LogP contribution in [0.4, 0.5) is 0 Å². The van der Waals surface area contributed by atoms with Gasteiger partial charge in [-0.3, -0.25) is 19.8 Å². The van der Waals surface area contributed by atoms with Crippen molar-refractivity contribution in [1.82, 2.24) is 19.8 Å². The number of aromatic nitrogens is 2. The third-order valence-electron chi connectivity index (χ3n) is 5.11. The number of hydrogen-bond donors (Lipinski definition) is 0. The molecule has 4 rings (SSSR count). The zero-order valence-electron chi connectivity index (χ0n) is 16.4. The first-order chi connectivity index (χ1) is 14.3. The number of piperazine rings is 1. The lowest BCUT2D eigenvalue weighted by molar-refractivity contribution is 0.120. The van der Waals surface area contributed by atoms with E-state index in [1.165, 1.54) is 0 Å². The van der Waals surface area contributed by atoms with Gasteiger partial charge in [-0.05, 0) is 36.4 Å². The van der Waals surface area contributed by atoms with Crippen LogP contribution in [0.25, 0.3) is 0 Å². The SMILES string of the molecule is Clc1ccc(OCc2cccnc2)c(CN2CCN(Cc3ccccn3)CC2)c1. The van der Waals surface area contributed by atoms with E-state index in [2.05, 4.69) is 25.8 Å². The monoisotopic (exact) mass is 408 g/mol. The quantitative estimate of drug-likeness (QED) is 0.590. The highest BCUT2D eigenvalue weighted by molar-refractivity contribution is 6.30. The first-order valence-electron chi connectivity index (χ1n) is 9.91. The largest absolute Gasteiger partial charge is 0.489 e. The molecule has 0 radical (unpaired) electrons. The second-order valence-electron chi connectivity index (χ2n) is 7.28. The van der Waals surface area contributed by atoms with E-state index in [1.54, 1.807) is 6.20 Å². The van der Waals surface area contributed by atoms with Gasteiger partial charge in [-0.2, -0.15) is 0 Å². The van der Waals surface area contributed by atoms with E-state index in [4.69, 9.17) is 16.3 Å². The smallest absolute Gasteiger partial charge is 0.124 e. The Morgan fingerprint density at radius 3 is 2.45 bits per heavy atom. The van der Waals surface area contributed by atoms with Crippen LogP contribution in [0.1, 0.15) is 16.8 Å². The van der Waals surface area contributed by atoms with Crippen molar-refractivity contribution >= 4 is 11.6 Å². The zero-order chi connectivity index (χ0) is 19.9. The normalized spacial score (nSPS) is 15.3. The summed E-state index contributed by atoms with van der Waals surface area (Å²) in [5, 5.41) is 0.738. The van der Waals surface area contributed by atoms with Gasteiger partial charge in [-0.1, -0.05) is 23.7 Å². The summed E-state index contributed by atoms with van der Waals surface area (Å²) in [5.74, 6) is 0.883. The van der Waals surface area contributed by atoms with Crippen molar-refractivity contribution in [3.8, 4) is 5.75 Å². The van der Waals surface area contributed by atoms with E-state index < -0.39 is 0 Å². The summed E-state index contributed by atoms with van der Waals surface area (Å²) in [6, 6.07) is 15.9. The summed E-state index contributed by atoms with van der Waals surface area (Å²) in [6.45, 7) is 6.33. The first-order valence-corrected chi connectivity index (χ1v) is 10.3. The van der Waals surface area contributed by atoms with Crippen molar-refractivity contribution in [3.63, 3.8) is 0 Å². The molecule has 1 aliphatic rings. The van der Waals surface area contributed by atoms with Crippen LogP contribution in [0.15, 0.2) is 67.1 Å². The van der Waals surface area contributed by atoms with Crippen LogP contribution < -0.4 is 4.74 Å². The minimum atomic E-state index is 0.500. The molecule has 3 aromatic rings. The molecule has 0 unspecified atom stereocenters. The van der Waals surface area contributed by atoms with Crippen molar-refractivity contribution in [2.24, 2.45) is 0 Å². The van der Waals surface area contributed by atoms with Gasteiger partial charge in [0.15, 0.2) is 0 Å². The third kappa shape index (κ3) is 5.76. The van der Waals surface area contributed by atoms with E-state index in [9.17, 15) is 0 Å².